The van der Waals surface area contributed by atoms with Gasteiger partial charge in [0.2, 0.25) is 5.91 Å². The second kappa shape index (κ2) is 6.22. The Morgan fingerprint density at radius 1 is 1.40 bits per heavy atom. The molecule has 1 heterocycles. The van der Waals surface area contributed by atoms with Gasteiger partial charge in [-0.05, 0) is 38.0 Å². The zero-order valence-corrected chi connectivity index (χ0v) is 12.3. The van der Waals surface area contributed by atoms with Crippen molar-refractivity contribution in [3.05, 3.63) is 28.0 Å². The average Bonchev–Trinajstić information content (AvgIpc) is 3.03. The van der Waals surface area contributed by atoms with Gasteiger partial charge in [0.15, 0.2) is 0 Å². The van der Waals surface area contributed by atoms with Gasteiger partial charge >= 0.3 is 5.97 Å². The van der Waals surface area contributed by atoms with Crippen LogP contribution in [0, 0.1) is 12.3 Å². The number of carbonyl (C=O) groups excluding carboxylic acids is 1. The van der Waals surface area contributed by atoms with Crippen LogP contribution in [-0.2, 0) is 9.59 Å². The zero-order chi connectivity index (χ0) is 14.6. The van der Waals surface area contributed by atoms with Crippen LogP contribution in [0.2, 0.25) is 0 Å². The molecular weight excluding hydrogens is 274 g/mol. The van der Waals surface area contributed by atoms with E-state index in [0.29, 0.717) is 12.8 Å². The van der Waals surface area contributed by atoms with Crippen molar-refractivity contribution in [2.45, 2.75) is 32.6 Å². The van der Waals surface area contributed by atoms with E-state index in [1.807, 2.05) is 19.1 Å². The minimum atomic E-state index is -0.798. The number of carboxylic acid groups (broad SMARTS) is 1. The highest BCUT2D eigenvalue weighted by Crippen LogP contribution is 2.37. The summed E-state index contributed by atoms with van der Waals surface area (Å²) in [5.74, 6) is -1.03. The molecule has 4 nitrogen and oxygen atoms in total. The fourth-order valence-electron chi connectivity index (χ4n) is 2.53. The lowest BCUT2D eigenvalue weighted by Gasteiger charge is -2.23. The summed E-state index contributed by atoms with van der Waals surface area (Å²) in [5.41, 5.74) is -0.761. The third kappa shape index (κ3) is 3.48. The molecule has 1 saturated carbocycles. The fourth-order valence-corrected chi connectivity index (χ4v) is 3.31. The summed E-state index contributed by atoms with van der Waals surface area (Å²) >= 11 is 1.62. The van der Waals surface area contributed by atoms with Crippen LogP contribution in [0.4, 0.5) is 0 Å². The first kappa shape index (κ1) is 14.8. The second-order valence-electron chi connectivity index (χ2n) is 5.29. The molecule has 0 unspecified atom stereocenters. The normalized spacial score (nSPS) is 17.4. The van der Waals surface area contributed by atoms with Crippen LogP contribution in [0.3, 0.4) is 0 Å². The smallest absolute Gasteiger partial charge is 0.311 e. The number of hydrogen-bond donors (Lipinski definition) is 2. The van der Waals surface area contributed by atoms with Crippen molar-refractivity contribution in [2.75, 3.05) is 6.54 Å². The number of carboxylic acids is 1. The molecule has 1 fully saturated rings. The molecule has 1 amide bonds. The summed E-state index contributed by atoms with van der Waals surface area (Å²) in [6.07, 6.45) is 6.37. The summed E-state index contributed by atoms with van der Waals surface area (Å²) in [5, 5.41) is 12.0. The van der Waals surface area contributed by atoms with Gasteiger partial charge in [-0.15, -0.1) is 11.3 Å². The third-order valence-electron chi connectivity index (χ3n) is 3.78. The zero-order valence-electron chi connectivity index (χ0n) is 11.5. The molecule has 1 aliphatic rings. The molecule has 0 bridgehead atoms. The van der Waals surface area contributed by atoms with Gasteiger partial charge < -0.3 is 10.4 Å². The van der Waals surface area contributed by atoms with Gasteiger partial charge in [0.1, 0.15) is 0 Å². The van der Waals surface area contributed by atoms with Crippen LogP contribution < -0.4 is 5.32 Å². The Morgan fingerprint density at radius 2 is 2.10 bits per heavy atom. The highest BCUT2D eigenvalue weighted by molar-refractivity contribution is 7.12. The monoisotopic (exact) mass is 293 g/mol. The Balaban J connectivity index is 1.88. The first-order chi connectivity index (χ1) is 9.52. The third-order valence-corrected chi connectivity index (χ3v) is 4.74. The van der Waals surface area contributed by atoms with Crippen molar-refractivity contribution in [2.24, 2.45) is 5.41 Å². The van der Waals surface area contributed by atoms with Crippen molar-refractivity contribution >= 4 is 29.3 Å². The van der Waals surface area contributed by atoms with Crippen LogP contribution in [0.5, 0.6) is 0 Å². The highest BCUT2D eigenvalue weighted by atomic mass is 32.1. The molecular formula is C15H19NO3S. The SMILES string of the molecule is Cc1ccc(/C=C/C(=O)NCC2(C(=O)O)CCCC2)s1. The topological polar surface area (TPSA) is 66.4 Å². The van der Waals surface area contributed by atoms with E-state index < -0.39 is 11.4 Å². The highest BCUT2D eigenvalue weighted by Gasteiger charge is 2.41. The van der Waals surface area contributed by atoms with Gasteiger partial charge in [-0.3, -0.25) is 9.59 Å². The number of rotatable bonds is 5. The van der Waals surface area contributed by atoms with Crippen LogP contribution >= 0.6 is 11.3 Å². The molecule has 0 spiro atoms. The summed E-state index contributed by atoms with van der Waals surface area (Å²) < 4.78 is 0. The van der Waals surface area contributed by atoms with E-state index in [-0.39, 0.29) is 12.5 Å². The number of hydrogen-bond acceptors (Lipinski definition) is 3. The Bertz CT molecular complexity index is 527. The van der Waals surface area contributed by atoms with E-state index in [0.717, 1.165) is 17.7 Å². The molecule has 108 valence electrons. The molecule has 1 aromatic rings. The van der Waals surface area contributed by atoms with E-state index in [4.69, 9.17) is 0 Å². The first-order valence-corrected chi connectivity index (χ1v) is 7.59. The summed E-state index contributed by atoms with van der Waals surface area (Å²) in [6.45, 7) is 2.23. The Kier molecular flexibility index (Phi) is 4.60. The number of nitrogens with one attached hydrogen (secondary N) is 1. The molecule has 0 atom stereocenters. The number of aliphatic carboxylic acids is 1. The minimum absolute atomic E-state index is 0.217. The quantitative estimate of drug-likeness (QED) is 0.820. The molecule has 1 aliphatic carbocycles. The van der Waals surface area contributed by atoms with Crippen LogP contribution in [0.1, 0.15) is 35.4 Å². The van der Waals surface area contributed by atoms with Gasteiger partial charge in [-0.25, -0.2) is 0 Å². The van der Waals surface area contributed by atoms with E-state index in [1.54, 1.807) is 17.4 Å². The summed E-state index contributed by atoms with van der Waals surface area (Å²) in [6, 6.07) is 3.96. The summed E-state index contributed by atoms with van der Waals surface area (Å²) in [7, 11) is 0. The van der Waals surface area contributed by atoms with Gasteiger partial charge in [0.25, 0.3) is 0 Å². The van der Waals surface area contributed by atoms with Gasteiger partial charge in [-0.2, -0.15) is 0 Å². The lowest BCUT2D eigenvalue weighted by Crippen LogP contribution is -2.40. The standard InChI is InChI=1S/C15H19NO3S/c1-11-4-5-12(20-11)6-7-13(17)16-10-15(14(18)19)8-2-3-9-15/h4-7H,2-3,8-10H2,1H3,(H,16,17)(H,18,19)/b7-6+. The predicted octanol–water partition coefficient (Wildman–Crippen LogP) is 2.83. The molecule has 2 N–H and O–H groups in total. The molecule has 2 rings (SSSR count). The Labute approximate surface area is 122 Å². The van der Waals surface area contributed by atoms with E-state index in [1.165, 1.54) is 11.0 Å². The minimum Gasteiger partial charge on any atom is -0.481 e. The van der Waals surface area contributed by atoms with Crippen LogP contribution in [0.15, 0.2) is 18.2 Å². The lowest BCUT2D eigenvalue weighted by molar-refractivity contribution is -0.148. The first-order valence-electron chi connectivity index (χ1n) is 6.78. The van der Waals surface area contributed by atoms with Crippen molar-refractivity contribution in [1.82, 2.24) is 5.32 Å². The van der Waals surface area contributed by atoms with E-state index >= 15 is 0 Å². The maximum Gasteiger partial charge on any atom is 0.311 e. The molecule has 0 aliphatic heterocycles. The molecule has 20 heavy (non-hydrogen) atoms. The second-order valence-corrected chi connectivity index (χ2v) is 6.61. The van der Waals surface area contributed by atoms with Gasteiger partial charge in [0, 0.05) is 22.4 Å². The van der Waals surface area contributed by atoms with Gasteiger partial charge in [-0.1, -0.05) is 12.8 Å². The fraction of sp³-hybridized carbons (Fsp3) is 0.467. The van der Waals surface area contributed by atoms with Gasteiger partial charge in [0.05, 0.1) is 5.41 Å². The molecule has 5 heteroatoms. The van der Waals surface area contributed by atoms with Crippen molar-refractivity contribution in [3.8, 4) is 0 Å². The molecule has 1 aromatic heterocycles. The van der Waals surface area contributed by atoms with E-state index in [2.05, 4.69) is 5.32 Å². The maximum absolute atomic E-state index is 11.8. The van der Waals surface area contributed by atoms with Crippen molar-refractivity contribution in [3.63, 3.8) is 0 Å². The number of amides is 1. The Morgan fingerprint density at radius 3 is 2.65 bits per heavy atom. The molecule has 0 saturated heterocycles. The lowest BCUT2D eigenvalue weighted by atomic mass is 9.86. The molecule has 0 radical (unpaired) electrons. The predicted molar refractivity (Wildman–Crippen MR) is 79.6 cm³/mol. The van der Waals surface area contributed by atoms with Crippen molar-refractivity contribution in [1.29, 1.82) is 0 Å². The Hall–Kier alpha value is -1.62. The van der Waals surface area contributed by atoms with Crippen molar-refractivity contribution < 1.29 is 14.7 Å². The number of carbonyl (C=O) groups is 2. The largest absolute Gasteiger partial charge is 0.481 e. The van der Waals surface area contributed by atoms with E-state index in [9.17, 15) is 14.7 Å². The number of thiophene rings is 1. The van der Waals surface area contributed by atoms with Crippen LogP contribution in [0.25, 0.3) is 6.08 Å². The summed E-state index contributed by atoms with van der Waals surface area (Å²) in [4.78, 5) is 25.3. The maximum atomic E-state index is 11.8. The molecule has 0 aromatic carbocycles. The number of aryl methyl sites for hydroxylation is 1. The average molecular weight is 293 g/mol. The van der Waals surface area contributed by atoms with Crippen LogP contribution in [-0.4, -0.2) is 23.5 Å².